The molecule has 1 N–H and O–H groups in total. The van der Waals surface area contributed by atoms with Crippen molar-refractivity contribution in [1.29, 1.82) is 0 Å². The third-order valence-electron chi connectivity index (χ3n) is 6.32. The van der Waals surface area contributed by atoms with Crippen LogP contribution in [0.1, 0.15) is 48.4 Å². The second-order valence-electron chi connectivity index (χ2n) is 8.46. The minimum Gasteiger partial charge on any atom is -0.467 e. The molecular weight excluding hydrogens is 453 g/mol. The van der Waals surface area contributed by atoms with E-state index >= 15 is 0 Å². The summed E-state index contributed by atoms with van der Waals surface area (Å²) in [7, 11) is 0. The fourth-order valence-corrected chi connectivity index (χ4v) is 4.46. The van der Waals surface area contributed by atoms with Gasteiger partial charge >= 0.3 is 0 Å². The molecule has 3 amide bonds. The van der Waals surface area contributed by atoms with Crippen LogP contribution in [-0.4, -0.2) is 60.4 Å². The Morgan fingerprint density at radius 2 is 1.74 bits per heavy atom. The van der Waals surface area contributed by atoms with Crippen LogP contribution in [-0.2, 0) is 11.3 Å². The molecule has 2 aliphatic heterocycles. The fraction of sp³-hybridized carbons (Fsp3) is 0.269. The largest absolute Gasteiger partial charge is 0.467 e. The van der Waals surface area contributed by atoms with Crippen LogP contribution in [0.3, 0.4) is 0 Å². The van der Waals surface area contributed by atoms with E-state index in [9.17, 15) is 18.8 Å². The number of furan rings is 1. The molecule has 5 rings (SSSR count). The van der Waals surface area contributed by atoms with Gasteiger partial charge in [-0.3, -0.25) is 24.2 Å². The Morgan fingerprint density at radius 3 is 2.46 bits per heavy atom. The fourth-order valence-electron chi connectivity index (χ4n) is 4.46. The lowest BCUT2D eigenvalue weighted by Gasteiger charge is -2.35. The van der Waals surface area contributed by atoms with Crippen molar-refractivity contribution in [2.75, 3.05) is 32.8 Å². The molecule has 0 aliphatic carbocycles. The highest BCUT2D eigenvalue weighted by atomic mass is 19.1. The SMILES string of the molecule is O=C(NC[C@@H](c1ccc(F)cc1)N1CCOCC1)c1ccc2c(c1)C(=O)N(Cc1ccco1)C2=O. The number of carbonyl (C=O) groups excluding carboxylic acids is 3. The van der Waals surface area contributed by atoms with Crippen molar-refractivity contribution in [3.05, 3.63) is 94.7 Å². The molecule has 180 valence electrons. The molecule has 0 bridgehead atoms. The van der Waals surface area contributed by atoms with Gasteiger partial charge in [0.15, 0.2) is 0 Å². The van der Waals surface area contributed by atoms with Crippen molar-refractivity contribution < 1.29 is 27.9 Å². The Morgan fingerprint density at radius 1 is 1.00 bits per heavy atom. The third-order valence-corrected chi connectivity index (χ3v) is 6.32. The number of imide groups is 1. The van der Waals surface area contributed by atoms with Crippen LogP contribution in [0.2, 0.25) is 0 Å². The number of rotatable bonds is 7. The van der Waals surface area contributed by atoms with Gasteiger partial charge in [-0.25, -0.2) is 4.39 Å². The zero-order valence-electron chi connectivity index (χ0n) is 18.9. The molecule has 1 aromatic heterocycles. The molecule has 3 heterocycles. The molecule has 0 spiro atoms. The Hall–Kier alpha value is -3.82. The summed E-state index contributed by atoms with van der Waals surface area (Å²) in [5.41, 5.74) is 1.62. The van der Waals surface area contributed by atoms with Crippen LogP contribution in [0.5, 0.6) is 0 Å². The van der Waals surface area contributed by atoms with Crippen LogP contribution in [0.4, 0.5) is 4.39 Å². The van der Waals surface area contributed by atoms with Crippen LogP contribution < -0.4 is 5.32 Å². The summed E-state index contributed by atoms with van der Waals surface area (Å²) in [5.74, 6) is -1.08. The number of morpholine rings is 1. The third kappa shape index (κ3) is 4.73. The van der Waals surface area contributed by atoms with E-state index in [0.29, 0.717) is 38.6 Å². The minimum atomic E-state index is -0.464. The van der Waals surface area contributed by atoms with E-state index in [1.54, 1.807) is 24.3 Å². The summed E-state index contributed by atoms with van der Waals surface area (Å²) in [6, 6.07) is 14.0. The topological polar surface area (TPSA) is 92.1 Å². The van der Waals surface area contributed by atoms with Gasteiger partial charge in [-0.15, -0.1) is 0 Å². The average Bonchev–Trinajstić information content (AvgIpc) is 3.48. The lowest BCUT2D eigenvalue weighted by atomic mass is 10.0. The number of nitrogens with one attached hydrogen (secondary N) is 1. The summed E-state index contributed by atoms with van der Waals surface area (Å²) in [5, 5.41) is 2.93. The molecule has 3 aromatic rings. The van der Waals surface area contributed by atoms with Gasteiger partial charge < -0.3 is 14.5 Å². The summed E-state index contributed by atoms with van der Waals surface area (Å²) in [4.78, 5) is 41.9. The Labute approximate surface area is 201 Å². The number of hydrogen-bond acceptors (Lipinski definition) is 6. The number of hydrogen-bond donors (Lipinski definition) is 1. The molecule has 0 radical (unpaired) electrons. The van der Waals surface area contributed by atoms with Crippen LogP contribution in [0.15, 0.2) is 65.3 Å². The van der Waals surface area contributed by atoms with Gasteiger partial charge in [-0.1, -0.05) is 12.1 Å². The lowest BCUT2D eigenvalue weighted by molar-refractivity contribution is 0.0162. The molecule has 1 saturated heterocycles. The number of amides is 3. The molecule has 9 heteroatoms. The second-order valence-corrected chi connectivity index (χ2v) is 8.46. The van der Waals surface area contributed by atoms with Crippen molar-refractivity contribution >= 4 is 17.7 Å². The summed E-state index contributed by atoms with van der Waals surface area (Å²) in [6.07, 6.45) is 1.48. The molecule has 35 heavy (non-hydrogen) atoms. The molecule has 1 fully saturated rings. The number of halogens is 1. The smallest absolute Gasteiger partial charge is 0.261 e. The maximum absolute atomic E-state index is 13.5. The van der Waals surface area contributed by atoms with Gasteiger partial charge in [0.05, 0.1) is 43.2 Å². The number of nitrogens with zero attached hydrogens (tertiary/aromatic N) is 2. The van der Waals surface area contributed by atoms with Gasteiger partial charge in [0.2, 0.25) is 0 Å². The molecule has 2 aromatic carbocycles. The summed E-state index contributed by atoms with van der Waals surface area (Å²) < 4.78 is 24.2. The highest BCUT2D eigenvalue weighted by Crippen LogP contribution is 2.26. The van der Waals surface area contributed by atoms with E-state index in [1.165, 1.54) is 36.6 Å². The molecule has 0 saturated carbocycles. The average molecular weight is 477 g/mol. The molecule has 8 nitrogen and oxygen atoms in total. The van der Waals surface area contributed by atoms with Crippen molar-refractivity contribution in [2.24, 2.45) is 0 Å². The van der Waals surface area contributed by atoms with Crippen molar-refractivity contribution in [3.8, 4) is 0 Å². The summed E-state index contributed by atoms with van der Waals surface area (Å²) >= 11 is 0. The predicted octanol–water partition coefficient (Wildman–Crippen LogP) is 3.02. The van der Waals surface area contributed by atoms with E-state index < -0.39 is 11.8 Å². The van der Waals surface area contributed by atoms with E-state index in [1.807, 2.05) is 0 Å². The van der Waals surface area contributed by atoms with Gasteiger partial charge in [-0.2, -0.15) is 0 Å². The standard InChI is InChI=1S/C26H24FN3O5/c27-19-6-3-17(4-7-19)23(29-9-12-34-13-10-29)15-28-24(31)18-5-8-21-22(14-18)26(33)30(25(21)32)16-20-2-1-11-35-20/h1-8,11,14,23H,9-10,12-13,15-16H2,(H,28,31)/t23-/m0/s1. The van der Waals surface area contributed by atoms with E-state index in [4.69, 9.17) is 9.15 Å². The van der Waals surface area contributed by atoms with Crippen molar-refractivity contribution in [2.45, 2.75) is 12.6 Å². The normalized spacial score (nSPS) is 16.9. The van der Waals surface area contributed by atoms with E-state index in [0.717, 1.165) is 10.5 Å². The molecule has 2 aliphatic rings. The maximum atomic E-state index is 13.5. The van der Waals surface area contributed by atoms with Gasteiger partial charge in [0, 0.05) is 25.2 Å². The van der Waals surface area contributed by atoms with E-state index in [2.05, 4.69) is 10.2 Å². The van der Waals surface area contributed by atoms with Crippen molar-refractivity contribution in [1.82, 2.24) is 15.1 Å². The molecule has 1 atom stereocenters. The zero-order chi connectivity index (χ0) is 24.4. The zero-order valence-corrected chi connectivity index (χ0v) is 18.9. The summed E-state index contributed by atoms with van der Waals surface area (Å²) in [6.45, 7) is 2.87. The Kier molecular flexibility index (Phi) is 6.43. The molecule has 0 unspecified atom stereocenters. The Balaban J connectivity index is 1.31. The highest BCUT2D eigenvalue weighted by molar-refractivity contribution is 6.22. The van der Waals surface area contributed by atoms with E-state index in [-0.39, 0.29) is 41.0 Å². The number of carbonyl (C=O) groups is 3. The van der Waals surface area contributed by atoms with Gasteiger partial charge in [0.25, 0.3) is 17.7 Å². The number of ether oxygens (including phenoxy) is 1. The predicted molar refractivity (Wildman–Crippen MR) is 123 cm³/mol. The van der Waals surface area contributed by atoms with Gasteiger partial charge in [-0.05, 0) is 48.0 Å². The first-order valence-electron chi connectivity index (χ1n) is 11.4. The van der Waals surface area contributed by atoms with Crippen LogP contribution in [0.25, 0.3) is 0 Å². The minimum absolute atomic E-state index is 0.0276. The lowest BCUT2D eigenvalue weighted by Crippen LogP contribution is -2.43. The second kappa shape index (κ2) is 9.81. The monoisotopic (exact) mass is 477 g/mol. The first kappa shape index (κ1) is 22.9. The quantitative estimate of drug-likeness (QED) is 0.526. The maximum Gasteiger partial charge on any atom is 0.261 e. The first-order valence-corrected chi connectivity index (χ1v) is 11.4. The van der Waals surface area contributed by atoms with Gasteiger partial charge in [0.1, 0.15) is 11.6 Å². The number of benzene rings is 2. The van der Waals surface area contributed by atoms with Crippen LogP contribution >= 0.6 is 0 Å². The molecular formula is C26H24FN3O5. The number of fused-ring (bicyclic) bond motifs is 1. The highest BCUT2D eigenvalue weighted by Gasteiger charge is 2.36. The van der Waals surface area contributed by atoms with Crippen molar-refractivity contribution in [3.63, 3.8) is 0 Å². The Bertz CT molecular complexity index is 1240. The van der Waals surface area contributed by atoms with Crippen LogP contribution in [0, 0.1) is 5.82 Å². The first-order chi connectivity index (χ1) is 17.0.